The van der Waals surface area contributed by atoms with E-state index in [2.05, 4.69) is 10.3 Å². The summed E-state index contributed by atoms with van der Waals surface area (Å²) in [6.07, 6.45) is 2.70. The summed E-state index contributed by atoms with van der Waals surface area (Å²) in [7, 11) is 0. The Balaban J connectivity index is 2.40. The molecule has 2 aromatic rings. The Bertz CT molecular complexity index is 585. The van der Waals surface area contributed by atoms with Gasteiger partial charge in [-0.25, -0.2) is 9.37 Å². The maximum atomic E-state index is 13.8. The van der Waals surface area contributed by atoms with Crippen LogP contribution < -0.4 is 5.32 Å². The molecule has 1 aromatic heterocycles. The van der Waals surface area contributed by atoms with Gasteiger partial charge >= 0.3 is 0 Å². The smallest absolute Gasteiger partial charge is 0.149 e. The van der Waals surface area contributed by atoms with Crippen LogP contribution in [0.5, 0.6) is 0 Å². The van der Waals surface area contributed by atoms with Crippen molar-refractivity contribution in [3.63, 3.8) is 0 Å². The number of aliphatic hydroxyl groups is 1. The Morgan fingerprint density at radius 1 is 1.45 bits per heavy atom. The van der Waals surface area contributed by atoms with Crippen molar-refractivity contribution in [3.8, 4) is 0 Å². The lowest BCUT2D eigenvalue weighted by Gasteiger charge is -2.19. The first-order valence-electron chi connectivity index (χ1n) is 6.58. The van der Waals surface area contributed by atoms with Crippen molar-refractivity contribution in [2.24, 2.45) is 0 Å². The minimum atomic E-state index is -0.308. The first kappa shape index (κ1) is 15.1. The van der Waals surface area contributed by atoms with Crippen LogP contribution in [-0.4, -0.2) is 34.7 Å². The number of anilines is 1. The predicted molar refractivity (Wildman–Crippen MR) is 83.9 cm³/mol. The molecule has 0 saturated heterocycles. The molecular formula is C15H19FN2OS. The minimum absolute atomic E-state index is 0.134. The number of benzene rings is 1. The second-order valence-electron chi connectivity index (χ2n) is 4.76. The zero-order valence-electron chi connectivity index (χ0n) is 11.7. The molecular weight excluding hydrogens is 275 g/mol. The zero-order chi connectivity index (χ0) is 14.5. The van der Waals surface area contributed by atoms with Gasteiger partial charge < -0.3 is 10.4 Å². The molecule has 0 aliphatic rings. The molecule has 0 spiro atoms. The van der Waals surface area contributed by atoms with E-state index < -0.39 is 0 Å². The number of aryl methyl sites for hydroxylation is 1. The van der Waals surface area contributed by atoms with Crippen LogP contribution in [0.2, 0.25) is 0 Å². The molecule has 3 nitrogen and oxygen atoms in total. The number of para-hydroxylation sites is 1. The van der Waals surface area contributed by atoms with E-state index >= 15 is 0 Å². The number of hydrogen-bond acceptors (Lipinski definition) is 4. The van der Waals surface area contributed by atoms with Crippen molar-refractivity contribution >= 4 is 28.4 Å². The van der Waals surface area contributed by atoms with Crippen molar-refractivity contribution < 1.29 is 9.50 Å². The van der Waals surface area contributed by atoms with Gasteiger partial charge in [-0.2, -0.15) is 11.8 Å². The summed E-state index contributed by atoms with van der Waals surface area (Å²) in [6, 6.07) is 7.05. The van der Waals surface area contributed by atoms with E-state index in [9.17, 15) is 4.39 Å². The first-order chi connectivity index (χ1) is 9.65. The highest BCUT2D eigenvalue weighted by atomic mass is 32.2. The number of aromatic nitrogens is 1. The van der Waals surface area contributed by atoms with E-state index in [1.807, 2.05) is 25.3 Å². The molecule has 108 valence electrons. The van der Waals surface area contributed by atoms with Gasteiger partial charge in [-0.05, 0) is 31.7 Å². The molecule has 0 radical (unpaired) electrons. The van der Waals surface area contributed by atoms with Crippen LogP contribution in [0.15, 0.2) is 24.3 Å². The number of pyridine rings is 1. The van der Waals surface area contributed by atoms with Gasteiger partial charge in [0.1, 0.15) is 11.3 Å². The molecule has 5 heteroatoms. The summed E-state index contributed by atoms with van der Waals surface area (Å²) >= 11 is 1.72. The van der Waals surface area contributed by atoms with Crippen molar-refractivity contribution in [1.29, 1.82) is 0 Å². The lowest BCUT2D eigenvalue weighted by atomic mass is 10.1. The third kappa shape index (κ3) is 3.41. The van der Waals surface area contributed by atoms with E-state index in [1.165, 1.54) is 6.07 Å². The van der Waals surface area contributed by atoms with Gasteiger partial charge in [-0.15, -0.1) is 0 Å². The minimum Gasteiger partial charge on any atom is -0.396 e. The lowest BCUT2D eigenvalue weighted by Crippen LogP contribution is -2.23. The van der Waals surface area contributed by atoms with Gasteiger partial charge in [0.15, 0.2) is 0 Å². The Hall–Kier alpha value is -1.33. The average molecular weight is 294 g/mol. The Labute approximate surface area is 122 Å². The summed E-state index contributed by atoms with van der Waals surface area (Å²) in [5, 5.41) is 13.3. The highest BCUT2D eigenvalue weighted by molar-refractivity contribution is 7.98. The van der Waals surface area contributed by atoms with Crippen LogP contribution in [0, 0.1) is 12.7 Å². The number of rotatable bonds is 6. The average Bonchev–Trinajstić information content (AvgIpc) is 2.40. The number of nitrogens with one attached hydrogen (secondary N) is 1. The number of thioether (sulfide) groups is 1. The van der Waals surface area contributed by atoms with Gasteiger partial charge in [0, 0.05) is 35.2 Å². The van der Waals surface area contributed by atoms with Crippen LogP contribution in [0.3, 0.4) is 0 Å². The SMILES string of the molecule is CSCC(CCO)Nc1cc(C)nc2c(F)cccc12. The van der Waals surface area contributed by atoms with Crippen LogP contribution in [0.1, 0.15) is 12.1 Å². The largest absolute Gasteiger partial charge is 0.396 e. The summed E-state index contributed by atoms with van der Waals surface area (Å²) in [5.41, 5.74) is 2.04. The zero-order valence-corrected chi connectivity index (χ0v) is 12.5. The first-order valence-corrected chi connectivity index (χ1v) is 7.97. The molecule has 20 heavy (non-hydrogen) atoms. The Kier molecular flexibility index (Phi) is 5.20. The van der Waals surface area contributed by atoms with Crippen LogP contribution in [-0.2, 0) is 0 Å². The fourth-order valence-electron chi connectivity index (χ4n) is 2.24. The normalized spacial score (nSPS) is 12.6. The van der Waals surface area contributed by atoms with Crippen LogP contribution >= 0.6 is 11.8 Å². The monoisotopic (exact) mass is 294 g/mol. The number of halogens is 1. The van der Waals surface area contributed by atoms with E-state index in [0.29, 0.717) is 11.9 Å². The second-order valence-corrected chi connectivity index (χ2v) is 5.67. The van der Waals surface area contributed by atoms with Crippen LogP contribution in [0.25, 0.3) is 10.9 Å². The summed E-state index contributed by atoms with van der Waals surface area (Å²) < 4.78 is 13.8. The molecule has 1 heterocycles. The van der Waals surface area contributed by atoms with E-state index in [1.54, 1.807) is 17.8 Å². The Morgan fingerprint density at radius 2 is 2.25 bits per heavy atom. The van der Waals surface area contributed by atoms with Gasteiger partial charge in [0.05, 0.1) is 0 Å². The quantitative estimate of drug-likeness (QED) is 0.859. The fraction of sp³-hybridized carbons (Fsp3) is 0.400. The molecule has 0 fully saturated rings. The van der Waals surface area contributed by atoms with Gasteiger partial charge in [0.25, 0.3) is 0 Å². The van der Waals surface area contributed by atoms with Gasteiger partial charge in [-0.1, -0.05) is 12.1 Å². The number of aliphatic hydroxyl groups excluding tert-OH is 1. The standard InChI is InChI=1S/C15H19FN2OS/c1-10-8-14(18-11(6-7-19)9-20-2)12-4-3-5-13(16)15(12)17-10/h3-5,8,11,19H,6-7,9H2,1-2H3,(H,17,18). The van der Waals surface area contributed by atoms with Gasteiger partial charge in [-0.3, -0.25) is 0 Å². The third-order valence-electron chi connectivity index (χ3n) is 3.12. The molecule has 1 aromatic carbocycles. The van der Waals surface area contributed by atoms with Crippen molar-refractivity contribution in [1.82, 2.24) is 4.98 Å². The third-order valence-corrected chi connectivity index (χ3v) is 3.86. The molecule has 1 atom stereocenters. The second kappa shape index (κ2) is 6.90. The predicted octanol–water partition coefficient (Wildman–Crippen LogP) is 3.21. The fourth-order valence-corrected chi connectivity index (χ4v) is 2.89. The number of fused-ring (bicyclic) bond motifs is 1. The maximum Gasteiger partial charge on any atom is 0.149 e. The summed E-state index contributed by atoms with van der Waals surface area (Å²) in [5.74, 6) is 0.580. The number of hydrogen-bond donors (Lipinski definition) is 2. The summed E-state index contributed by atoms with van der Waals surface area (Å²) in [6.45, 7) is 1.99. The van der Waals surface area contributed by atoms with E-state index in [4.69, 9.17) is 5.11 Å². The molecule has 2 rings (SSSR count). The molecule has 0 aliphatic carbocycles. The van der Waals surface area contributed by atoms with Crippen molar-refractivity contribution in [3.05, 3.63) is 35.8 Å². The topological polar surface area (TPSA) is 45.1 Å². The summed E-state index contributed by atoms with van der Waals surface area (Å²) in [4.78, 5) is 4.27. The highest BCUT2D eigenvalue weighted by Crippen LogP contribution is 2.26. The Morgan fingerprint density at radius 3 is 2.95 bits per heavy atom. The molecule has 2 N–H and O–H groups in total. The maximum absolute atomic E-state index is 13.8. The molecule has 0 saturated carbocycles. The van der Waals surface area contributed by atoms with Crippen molar-refractivity contribution in [2.45, 2.75) is 19.4 Å². The molecule has 1 unspecified atom stereocenters. The molecule has 0 bridgehead atoms. The van der Waals surface area contributed by atoms with Gasteiger partial charge in [0.2, 0.25) is 0 Å². The van der Waals surface area contributed by atoms with E-state index in [-0.39, 0.29) is 18.5 Å². The molecule has 0 amide bonds. The highest BCUT2D eigenvalue weighted by Gasteiger charge is 2.12. The van der Waals surface area contributed by atoms with E-state index in [0.717, 1.165) is 22.5 Å². The van der Waals surface area contributed by atoms with Crippen LogP contribution in [0.4, 0.5) is 10.1 Å². The molecule has 0 aliphatic heterocycles. The number of nitrogens with zero attached hydrogens (tertiary/aromatic N) is 1. The van der Waals surface area contributed by atoms with Crippen molar-refractivity contribution in [2.75, 3.05) is 23.9 Å². The lowest BCUT2D eigenvalue weighted by molar-refractivity contribution is 0.282.